The van der Waals surface area contributed by atoms with Crippen LogP contribution in [0.1, 0.15) is 44.3 Å². The van der Waals surface area contributed by atoms with Crippen LogP contribution in [0.2, 0.25) is 5.02 Å². The molecule has 2 aromatic carbocycles. The van der Waals surface area contributed by atoms with Crippen LogP contribution in [0, 0.1) is 0 Å². The van der Waals surface area contributed by atoms with Gasteiger partial charge in [0.25, 0.3) is 11.8 Å². The van der Waals surface area contributed by atoms with E-state index in [1.807, 2.05) is 55.5 Å². The Kier molecular flexibility index (Phi) is 6.28. The van der Waals surface area contributed by atoms with E-state index in [9.17, 15) is 9.59 Å². The summed E-state index contributed by atoms with van der Waals surface area (Å²) >= 11 is 6.99. The number of nitrogens with one attached hydrogen (secondary N) is 2. The van der Waals surface area contributed by atoms with Crippen LogP contribution < -0.4 is 16.4 Å². The third-order valence-corrected chi connectivity index (χ3v) is 5.42. The molecule has 0 saturated heterocycles. The molecule has 1 aromatic heterocycles. The highest BCUT2D eigenvalue weighted by Crippen LogP contribution is 2.23. The smallest absolute Gasteiger partial charge is 0.273 e. The van der Waals surface area contributed by atoms with Gasteiger partial charge in [0.1, 0.15) is 4.88 Å². The highest BCUT2D eigenvalue weighted by molar-refractivity contribution is 7.09. The summed E-state index contributed by atoms with van der Waals surface area (Å²) in [4.78, 5) is 25.2. The van der Waals surface area contributed by atoms with E-state index in [4.69, 9.17) is 17.3 Å². The molecule has 2 amide bonds. The van der Waals surface area contributed by atoms with E-state index < -0.39 is 5.91 Å². The van der Waals surface area contributed by atoms with E-state index in [0.717, 1.165) is 22.7 Å². The summed E-state index contributed by atoms with van der Waals surface area (Å²) in [6, 6.07) is 16.6. The molecular formula is C20H19ClN4O2S. The number of carbonyl (C=O) groups excluding carboxylic acids is 2. The van der Waals surface area contributed by atoms with Crippen molar-refractivity contribution in [1.29, 1.82) is 0 Å². The lowest BCUT2D eigenvalue weighted by atomic mass is 10.1. The largest absolute Gasteiger partial charge is 0.395 e. The highest BCUT2D eigenvalue weighted by Gasteiger charge is 2.23. The first-order valence-electron chi connectivity index (χ1n) is 8.60. The first-order valence-corrected chi connectivity index (χ1v) is 9.75. The third-order valence-electron chi connectivity index (χ3n) is 4.19. The molecule has 0 radical (unpaired) electrons. The van der Waals surface area contributed by atoms with Crippen LogP contribution in [0.3, 0.4) is 0 Å². The van der Waals surface area contributed by atoms with E-state index in [0.29, 0.717) is 5.02 Å². The van der Waals surface area contributed by atoms with Crippen LogP contribution in [-0.2, 0) is 6.54 Å². The number of nitrogen functional groups attached to an aromatic ring is 1. The number of rotatable bonds is 6. The minimum absolute atomic E-state index is 0.0366. The number of benzene rings is 2. The summed E-state index contributed by atoms with van der Waals surface area (Å²) in [5, 5.41) is 6.16. The zero-order valence-corrected chi connectivity index (χ0v) is 16.7. The molecule has 0 aliphatic rings. The normalized spacial score (nSPS) is 11.6. The number of aromatic nitrogens is 1. The van der Waals surface area contributed by atoms with E-state index in [2.05, 4.69) is 15.0 Å². The Morgan fingerprint density at radius 2 is 1.79 bits per heavy atom. The zero-order valence-electron chi connectivity index (χ0n) is 15.1. The van der Waals surface area contributed by atoms with Crippen LogP contribution in [0.15, 0.2) is 54.6 Å². The molecule has 1 atom stereocenters. The number of hydrogen-bond acceptors (Lipinski definition) is 5. The van der Waals surface area contributed by atoms with Crippen molar-refractivity contribution in [3.05, 3.63) is 81.3 Å². The first-order chi connectivity index (χ1) is 13.5. The van der Waals surface area contributed by atoms with Crippen molar-refractivity contribution in [3.63, 3.8) is 0 Å². The van der Waals surface area contributed by atoms with Gasteiger partial charge in [0.2, 0.25) is 0 Å². The maximum atomic E-state index is 12.5. The van der Waals surface area contributed by atoms with Crippen molar-refractivity contribution < 1.29 is 9.59 Å². The van der Waals surface area contributed by atoms with Gasteiger partial charge in [-0.2, -0.15) is 4.37 Å². The van der Waals surface area contributed by atoms with Gasteiger partial charge in [0, 0.05) is 11.6 Å². The van der Waals surface area contributed by atoms with Gasteiger partial charge in [-0.05, 0) is 35.6 Å². The van der Waals surface area contributed by atoms with Gasteiger partial charge in [-0.15, -0.1) is 0 Å². The van der Waals surface area contributed by atoms with Gasteiger partial charge in [-0.25, -0.2) is 0 Å². The molecule has 0 aliphatic carbocycles. The Morgan fingerprint density at radius 3 is 2.50 bits per heavy atom. The van der Waals surface area contributed by atoms with Gasteiger partial charge >= 0.3 is 0 Å². The number of anilines is 1. The second-order valence-corrected chi connectivity index (χ2v) is 7.33. The third kappa shape index (κ3) is 4.49. The predicted octanol–water partition coefficient (Wildman–Crippen LogP) is 3.80. The molecule has 0 saturated carbocycles. The molecule has 3 aromatic rings. The molecular weight excluding hydrogens is 396 g/mol. The fraction of sp³-hybridized carbons (Fsp3) is 0.150. The van der Waals surface area contributed by atoms with E-state index in [1.54, 1.807) is 6.07 Å². The van der Waals surface area contributed by atoms with Crippen LogP contribution >= 0.6 is 23.1 Å². The number of hydrogen-bond donors (Lipinski definition) is 3. The lowest BCUT2D eigenvalue weighted by molar-refractivity contribution is 0.0942. The second-order valence-electron chi connectivity index (χ2n) is 6.15. The maximum absolute atomic E-state index is 12.5. The standard InChI is InChI=1S/C20H19ClN4O2S/c1-12(13-7-3-2-4-8-13)24-20(27)18-16(22)17(25-28-18)19(26)23-11-14-9-5-6-10-15(14)21/h2-10,12H,11,22H2,1H3,(H,23,26)(H,24,27). The molecule has 1 unspecified atom stereocenters. The van der Waals surface area contributed by atoms with Gasteiger partial charge in [-0.1, -0.05) is 60.1 Å². The summed E-state index contributed by atoms with van der Waals surface area (Å²) in [6.45, 7) is 2.11. The molecule has 8 heteroatoms. The molecule has 28 heavy (non-hydrogen) atoms. The van der Waals surface area contributed by atoms with Crippen LogP contribution in [0.5, 0.6) is 0 Å². The van der Waals surface area contributed by atoms with Crippen molar-refractivity contribution in [2.24, 2.45) is 0 Å². The molecule has 1 heterocycles. The summed E-state index contributed by atoms with van der Waals surface area (Å²) in [7, 11) is 0. The lowest BCUT2D eigenvalue weighted by Gasteiger charge is -2.13. The molecule has 0 spiro atoms. The van der Waals surface area contributed by atoms with Gasteiger partial charge in [-0.3, -0.25) is 9.59 Å². The molecule has 0 fully saturated rings. The van der Waals surface area contributed by atoms with Crippen LogP contribution in [-0.4, -0.2) is 16.2 Å². The minimum atomic E-state index is -0.455. The minimum Gasteiger partial charge on any atom is -0.395 e. The Labute approximate surface area is 171 Å². The maximum Gasteiger partial charge on any atom is 0.273 e. The van der Waals surface area contributed by atoms with Crippen molar-refractivity contribution >= 4 is 40.6 Å². The van der Waals surface area contributed by atoms with Gasteiger partial charge in [0.15, 0.2) is 5.69 Å². The molecule has 144 valence electrons. The quantitative estimate of drug-likeness (QED) is 0.571. The fourth-order valence-corrected chi connectivity index (χ4v) is 3.52. The number of amides is 2. The topological polar surface area (TPSA) is 97.1 Å². The Balaban J connectivity index is 1.66. The summed E-state index contributed by atoms with van der Waals surface area (Å²) in [5.74, 6) is -0.819. The zero-order chi connectivity index (χ0) is 20.1. The summed E-state index contributed by atoms with van der Waals surface area (Å²) in [6.07, 6.45) is 0. The Bertz CT molecular complexity index is 991. The van der Waals surface area contributed by atoms with Crippen molar-refractivity contribution in [2.45, 2.75) is 19.5 Å². The SMILES string of the molecule is CC(NC(=O)c1snc(C(=O)NCc2ccccc2Cl)c1N)c1ccccc1. The molecule has 3 rings (SSSR count). The summed E-state index contributed by atoms with van der Waals surface area (Å²) < 4.78 is 4.06. The van der Waals surface area contributed by atoms with Crippen molar-refractivity contribution in [2.75, 3.05) is 5.73 Å². The first kappa shape index (κ1) is 19.9. The van der Waals surface area contributed by atoms with Crippen molar-refractivity contribution in [3.8, 4) is 0 Å². The molecule has 0 bridgehead atoms. The highest BCUT2D eigenvalue weighted by atomic mass is 35.5. The number of nitrogens with zero attached hydrogens (tertiary/aromatic N) is 1. The average molecular weight is 415 g/mol. The molecule has 4 N–H and O–H groups in total. The monoisotopic (exact) mass is 414 g/mol. The van der Waals surface area contributed by atoms with Crippen LogP contribution in [0.4, 0.5) is 5.69 Å². The molecule has 0 aliphatic heterocycles. The number of halogens is 1. The summed E-state index contributed by atoms with van der Waals surface area (Å²) in [5.41, 5.74) is 7.87. The molecule has 6 nitrogen and oxygen atoms in total. The van der Waals surface area contributed by atoms with E-state index >= 15 is 0 Å². The Morgan fingerprint density at radius 1 is 1.11 bits per heavy atom. The van der Waals surface area contributed by atoms with Crippen molar-refractivity contribution in [1.82, 2.24) is 15.0 Å². The van der Waals surface area contributed by atoms with E-state index in [-0.39, 0.29) is 34.8 Å². The predicted molar refractivity (Wildman–Crippen MR) is 111 cm³/mol. The number of nitrogens with two attached hydrogens (primary N) is 1. The fourth-order valence-electron chi connectivity index (χ4n) is 2.61. The number of carbonyl (C=O) groups is 2. The van der Waals surface area contributed by atoms with E-state index in [1.165, 1.54) is 0 Å². The lowest BCUT2D eigenvalue weighted by Crippen LogP contribution is -2.27. The van der Waals surface area contributed by atoms with Crippen LogP contribution in [0.25, 0.3) is 0 Å². The second kappa shape index (κ2) is 8.86. The Hall–Kier alpha value is -2.90. The van der Waals surface area contributed by atoms with Gasteiger partial charge < -0.3 is 16.4 Å². The van der Waals surface area contributed by atoms with Gasteiger partial charge in [0.05, 0.1) is 11.7 Å². The average Bonchev–Trinajstić information content (AvgIpc) is 3.09.